The summed E-state index contributed by atoms with van der Waals surface area (Å²) in [5, 5.41) is 2.39. The van der Waals surface area contributed by atoms with Crippen LogP contribution in [0.15, 0.2) is 29.2 Å². The zero-order valence-electron chi connectivity index (χ0n) is 16.7. The van der Waals surface area contributed by atoms with Gasteiger partial charge in [0.2, 0.25) is 15.9 Å². The highest BCUT2D eigenvalue weighted by Crippen LogP contribution is 2.21. The van der Waals surface area contributed by atoms with E-state index >= 15 is 0 Å². The Balaban J connectivity index is 2.03. The molecule has 0 radical (unpaired) electrons. The average molecular weight is 426 g/mol. The van der Waals surface area contributed by atoms with Crippen molar-refractivity contribution >= 4 is 27.8 Å². The van der Waals surface area contributed by atoms with Crippen molar-refractivity contribution in [2.45, 2.75) is 30.6 Å². The molecule has 29 heavy (non-hydrogen) atoms. The number of carbonyl (C=O) groups excluding carboxylic acids is 3. The van der Waals surface area contributed by atoms with Gasteiger partial charge in [0, 0.05) is 27.2 Å². The standard InChI is InChI=1S/C19H27N3O6S/c1-20-17(23)13-21(2)18(24)14-28-19(25)15-8-7-9-16(12-15)29(26,27)22-10-5-3-4-6-11-22/h7-9,12H,3-6,10-11,13-14H2,1-2H3,(H,20,23). The summed E-state index contributed by atoms with van der Waals surface area (Å²) in [6.45, 7) is 0.220. The third-order valence-corrected chi connectivity index (χ3v) is 6.58. The Morgan fingerprint density at radius 2 is 1.79 bits per heavy atom. The maximum atomic E-state index is 12.9. The second-order valence-electron chi connectivity index (χ2n) is 6.85. The summed E-state index contributed by atoms with van der Waals surface area (Å²) < 4.78 is 32.2. The Morgan fingerprint density at radius 1 is 1.14 bits per heavy atom. The summed E-state index contributed by atoms with van der Waals surface area (Å²) in [5.41, 5.74) is 0.0441. The fourth-order valence-corrected chi connectivity index (χ4v) is 4.48. The van der Waals surface area contributed by atoms with E-state index in [0.29, 0.717) is 13.1 Å². The molecule has 0 bridgehead atoms. The summed E-state index contributed by atoms with van der Waals surface area (Å²) >= 11 is 0. The molecule has 2 amide bonds. The van der Waals surface area contributed by atoms with Gasteiger partial charge in [0.05, 0.1) is 17.0 Å². The van der Waals surface area contributed by atoms with Gasteiger partial charge in [-0.15, -0.1) is 0 Å². The molecule has 1 saturated heterocycles. The van der Waals surface area contributed by atoms with Crippen molar-refractivity contribution < 1.29 is 27.5 Å². The Kier molecular flexibility index (Phi) is 8.15. The number of benzene rings is 1. The Labute approximate surface area is 171 Å². The number of nitrogens with one attached hydrogen (secondary N) is 1. The Bertz CT molecular complexity index is 847. The lowest BCUT2D eigenvalue weighted by atomic mass is 10.2. The second kappa shape index (κ2) is 10.4. The van der Waals surface area contributed by atoms with E-state index in [1.807, 2.05) is 0 Å². The monoisotopic (exact) mass is 425 g/mol. The van der Waals surface area contributed by atoms with Crippen LogP contribution in [-0.2, 0) is 24.3 Å². The van der Waals surface area contributed by atoms with Crippen LogP contribution in [0.4, 0.5) is 0 Å². The van der Waals surface area contributed by atoms with Crippen LogP contribution < -0.4 is 5.32 Å². The Morgan fingerprint density at radius 3 is 2.41 bits per heavy atom. The number of hydrogen-bond donors (Lipinski definition) is 1. The number of nitrogens with zero attached hydrogens (tertiary/aromatic N) is 2. The number of rotatable bonds is 7. The van der Waals surface area contributed by atoms with Gasteiger partial charge in [0.15, 0.2) is 6.61 Å². The van der Waals surface area contributed by atoms with E-state index in [1.54, 1.807) is 0 Å². The summed E-state index contributed by atoms with van der Waals surface area (Å²) in [5.74, 6) is -1.70. The number of sulfonamides is 1. The zero-order valence-corrected chi connectivity index (χ0v) is 17.5. The lowest BCUT2D eigenvalue weighted by Gasteiger charge is -2.20. The van der Waals surface area contributed by atoms with Gasteiger partial charge in [0.25, 0.3) is 5.91 Å². The first-order valence-corrected chi connectivity index (χ1v) is 10.9. The maximum absolute atomic E-state index is 12.9. The molecule has 0 spiro atoms. The summed E-state index contributed by atoms with van der Waals surface area (Å²) in [7, 11) is -0.828. The normalized spacial score (nSPS) is 15.2. The van der Waals surface area contributed by atoms with Gasteiger partial charge in [0.1, 0.15) is 0 Å². The molecular weight excluding hydrogens is 398 g/mol. The molecule has 1 fully saturated rings. The van der Waals surface area contributed by atoms with Gasteiger partial charge in [-0.25, -0.2) is 13.2 Å². The molecule has 1 aliphatic rings. The molecule has 1 N–H and O–H groups in total. The first-order chi connectivity index (χ1) is 13.8. The van der Waals surface area contributed by atoms with E-state index in [1.165, 1.54) is 42.7 Å². The van der Waals surface area contributed by atoms with E-state index < -0.39 is 28.5 Å². The quantitative estimate of drug-likeness (QED) is 0.641. The lowest BCUT2D eigenvalue weighted by Crippen LogP contribution is -2.39. The molecule has 2 rings (SSSR count). The number of ether oxygens (including phenoxy) is 1. The van der Waals surface area contributed by atoms with Crippen LogP contribution in [0, 0.1) is 0 Å². The number of hydrogen-bond acceptors (Lipinski definition) is 6. The van der Waals surface area contributed by atoms with Crippen LogP contribution >= 0.6 is 0 Å². The van der Waals surface area contributed by atoms with E-state index in [2.05, 4.69) is 5.32 Å². The summed E-state index contributed by atoms with van der Waals surface area (Å²) in [6.07, 6.45) is 3.63. The van der Waals surface area contributed by atoms with Crippen molar-refractivity contribution in [2.75, 3.05) is 40.3 Å². The molecule has 0 aromatic heterocycles. The number of amides is 2. The van der Waals surface area contributed by atoms with Crippen LogP contribution in [0.3, 0.4) is 0 Å². The molecule has 1 aliphatic heterocycles. The molecule has 0 atom stereocenters. The molecular formula is C19H27N3O6S. The SMILES string of the molecule is CNC(=O)CN(C)C(=O)COC(=O)c1cccc(S(=O)(=O)N2CCCCCC2)c1. The molecule has 10 heteroatoms. The van der Waals surface area contributed by atoms with Crippen LogP contribution in [0.1, 0.15) is 36.0 Å². The topological polar surface area (TPSA) is 113 Å². The zero-order chi connectivity index (χ0) is 21.4. The highest BCUT2D eigenvalue weighted by molar-refractivity contribution is 7.89. The third kappa shape index (κ3) is 6.26. The summed E-state index contributed by atoms with van der Waals surface area (Å²) in [6, 6.07) is 5.61. The highest BCUT2D eigenvalue weighted by Gasteiger charge is 2.26. The van der Waals surface area contributed by atoms with Gasteiger partial charge in [-0.3, -0.25) is 9.59 Å². The third-order valence-electron chi connectivity index (χ3n) is 4.68. The van der Waals surface area contributed by atoms with Gasteiger partial charge in [-0.1, -0.05) is 18.9 Å². The van der Waals surface area contributed by atoms with Gasteiger partial charge >= 0.3 is 5.97 Å². The first-order valence-electron chi connectivity index (χ1n) is 9.47. The molecule has 9 nitrogen and oxygen atoms in total. The number of esters is 1. The predicted molar refractivity (Wildman–Crippen MR) is 106 cm³/mol. The fraction of sp³-hybridized carbons (Fsp3) is 0.526. The molecule has 0 saturated carbocycles. The largest absolute Gasteiger partial charge is 0.452 e. The minimum atomic E-state index is -3.70. The molecule has 1 aromatic carbocycles. The molecule has 1 aromatic rings. The van der Waals surface area contributed by atoms with Crippen molar-refractivity contribution in [1.82, 2.24) is 14.5 Å². The molecule has 160 valence electrons. The molecule has 0 aliphatic carbocycles. The van der Waals surface area contributed by atoms with Crippen LogP contribution in [0.5, 0.6) is 0 Å². The fourth-order valence-electron chi connectivity index (χ4n) is 2.92. The number of carbonyl (C=O) groups is 3. The predicted octanol–water partition coefficient (Wildman–Crippen LogP) is 0.613. The number of likely N-dealkylation sites (N-methyl/N-ethyl adjacent to an activating group) is 2. The van der Waals surface area contributed by atoms with Gasteiger partial charge < -0.3 is 15.0 Å². The van der Waals surface area contributed by atoms with Crippen LogP contribution in [-0.4, -0.2) is 75.7 Å². The lowest BCUT2D eigenvalue weighted by molar-refractivity contribution is -0.137. The maximum Gasteiger partial charge on any atom is 0.338 e. The summed E-state index contributed by atoms with van der Waals surface area (Å²) in [4.78, 5) is 36.7. The molecule has 0 unspecified atom stereocenters. The van der Waals surface area contributed by atoms with E-state index in [0.717, 1.165) is 30.6 Å². The first kappa shape index (κ1) is 22.8. The van der Waals surface area contributed by atoms with Crippen molar-refractivity contribution in [3.8, 4) is 0 Å². The van der Waals surface area contributed by atoms with Crippen molar-refractivity contribution in [2.24, 2.45) is 0 Å². The van der Waals surface area contributed by atoms with E-state index in [-0.39, 0.29) is 22.9 Å². The minimum Gasteiger partial charge on any atom is -0.452 e. The average Bonchev–Trinajstić information content (AvgIpc) is 3.01. The van der Waals surface area contributed by atoms with Crippen molar-refractivity contribution in [3.63, 3.8) is 0 Å². The highest BCUT2D eigenvalue weighted by atomic mass is 32.2. The van der Waals surface area contributed by atoms with Crippen molar-refractivity contribution in [1.29, 1.82) is 0 Å². The van der Waals surface area contributed by atoms with Gasteiger partial charge in [-0.2, -0.15) is 4.31 Å². The van der Waals surface area contributed by atoms with Crippen molar-refractivity contribution in [3.05, 3.63) is 29.8 Å². The Hall–Kier alpha value is -2.46. The molecule has 1 heterocycles. The van der Waals surface area contributed by atoms with E-state index in [9.17, 15) is 22.8 Å². The van der Waals surface area contributed by atoms with Gasteiger partial charge in [-0.05, 0) is 31.0 Å². The second-order valence-corrected chi connectivity index (χ2v) is 8.78. The van der Waals surface area contributed by atoms with Crippen LogP contribution in [0.25, 0.3) is 0 Å². The smallest absolute Gasteiger partial charge is 0.338 e. The van der Waals surface area contributed by atoms with Crippen LogP contribution in [0.2, 0.25) is 0 Å². The minimum absolute atomic E-state index is 0.0249. The van der Waals surface area contributed by atoms with E-state index in [4.69, 9.17) is 4.74 Å².